The number of aryl methyl sites for hydroxylation is 1. The summed E-state index contributed by atoms with van der Waals surface area (Å²) in [6, 6.07) is 4.91. The Morgan fingerprint density at radius 3 is 2.30 bits per heavy atom. The summed E-state index contributed by atoms with van der Waals surface area (Å²) in [7, 11) is 3.88. The van der Waals surface area contributed by atoms with E-state index in [1.807, 2.05) is 0 Å². The normalized spacial score (nSPS) is 18.6. The molecule has 0 heterocycles. The SMILES string of the molecule is CNC(c1ccc(C)c(C)c1OC)C1CCCCCC1. The fraction of sp³-hybridized carbons (Fsp3) is 0.667. The van der Waals surface area contributed by atoms with Gasteiger partial charge < -0.3 is 10.1 Å². The minimum absolute atomic E-state index is 0.419. The van der Waals surface area contributed by atoms with Crippen molar-refractivity contribution in [2.75, 3.05) is 14.2 Å². The summed E-state index contributed by atoms with van der Waals surface area (Å²) in [4.78, 5) is 0. The van der Waals surface area contributed by atoms with Gasteiger partial charge in [0, 0.05) is 11.6 Å². The summed E-state index contributed by atoms with van der Waals surface area (Å²) >= 11 is 0. The van der Waals surface area contributed by atoms with E-state index < -0.39 is 0 Å². The second-order valence-electron chi connectivity index (χ2n) is 6.15. The first-order valence-electron chi connectivity index (χ1n) is 8.00. The zero-order chi connectivity index (χ0) is 14.5. The smallest absolute Gasteiger partial charge is 0.126 e. The monoisotopic (exact) mass is 275 g/mol. The molecule has 20 heavy (non-hydrogen) atoms. The molecule has 0 bridgehead atoms. The second kappa shape index (κ2) is 7.12. The summed E-state index contributed by atoms with van der Waals surface area (Å²) in [5.74, 6) is 1.81. The highest BCUT2D eigenvalue weighted by atomic mass is 16.5. The Morgan fingerprint density at radius 1 is 1.10 bits per heavy atom. The summed E-state index contributed by atoms with van der Waals surface area (Å²) < 4.78 is 5.72. The van der Waals surface area contributed by atoms with Crippen LogP contribution in [0.3, 0.4) is 0 Å². The zero-order valence-electron chi connectivity index (χ0n) is 13.5. The maximum atomic E-state index is 5.72. The average Bonchev–Trinajstić information content (AvgIpc) is 2.73. The molecule has 1 aromatic rings. The molecule has 0 aliphatic heterocycles. The summed E-state index contributed by atoms with van der Waals surface area (Å²) in [5, 5.41) is 3.56. The number of hydrogen-bond donors (Lipinski definition) is 1. The van der Waals surface area contributed by atoms with Crippen molar-refractivity contribution >= 4 is 0 Å². The predicted molar refractivity (Wildman–Crippen MR) is 85.5 cm³/mol. The van der Waals surface area contributed by atoms with E-state index in [2.05, 4.69) is 38.3 Å². The van der Waals surface area contributed by atoms with E-state index in [4.69, 9.17) is 4.74 Å². The van der Waals surface area contributed by atoms with Gasteiger partial charge in [-0.15, -0.1) is 0 Å². The highest BCUT2D eigenvalue weighted by Gasteiger charge is 2.26. The number of nitrogens with one attached hydrogen (secondary N) is 1. The van der Waals surface area contributed by atoms with Crippen LogP contribution in [0.25, 0.3) is 0 Å². The van der Waals surface area contributed by atoms with Gasteiger partial charge in [0.1, 0.15) is 5.75 Å². The summed E-state index contributed by atoms with van der Waals surface area (Å²) in [5.41, 5.74) is 3.92. The zero-order valence-corrected chi connectivity index (χ0v) is 13.5. The standard InChI is InChI=1S/C18H29NO/c1-13-11-12-16(18(20-4)14(13)2)17(19-3)15-9-7-5-6-8-10-15/h11-12,15,17,19H,5-10H2,1-4H3. The minimum atomic E-state index is 0.419. The molecule has 0 aromatic heterocycles. The van der Waals surface area contributed by atoms with Crippen LogP contribution in [0, 0.1) is 19.8 Å². The van der Waals surface area contributed by atoms with Gasteiger partial charge in [-0.1, -0.05) is 37.8 Å². The van der Waals surface area contributed by atoms with Gasteiger partial charge in [-0.2, -0.15) is 0 Å². The van der Waals surface area contributed by atoms with E-state index in [0.717, 1.165) is 11.7 Å². The maximum Gasteiger partial charge on any atom is 0.126 e. The number of hydrogen-bond acceptors (Lipinski definition) is 2. The molecule has 0 amide bonds. The third-order valence-electron chi connectivity index (χ3n) is 4.93. The molecule has 0 radical (unpaired) electrons. The largest absolute Gasteiger partial charge is 0.496 e. The summed E-state index contributed by atoms with van der Waals surface area (Å²) in [6.45, 7) is 4.32. The fourth-order valence-corrected chi connectivity index (χ4v) is 3.62. The first-order chi connectivity index (χ1) is 9.69. The van der Waals surface area contributed by atoms with Gasteiger partial charge in [0.2, 0.25) is 0 Å². The molecule has 2 nitrogen and oxygen atoms in total. The first kappa shape index (κ1) is 15.4. The van der Waals surface area contributed by atoms with Crippen molar-refractivity contribution in [1.29, 1.82) is 0 Å². The molecular formula is C18H29NO. The Balaban J connectivity index is 2.33. The molecule has 1 aliphatic rings. The van der Waals surface area contributed by atoms with Crippen LogP contribution in [0.2, 0.25) is 0 Å². The molecule has 1 atom stereocenters. The molecule has 0 saturated heterocycles. The van der Waals surface area contributed by atoms with Gasteiger partial charge >= 0.3 is 0 Å². The lowest BCUT2D eigenvalue weighted by Crippen LogP contribution is -2.26. The molecule has 1 aliphatic carbocycles. The van der Waals surface area contributed by atoms with Crippen LogP contribution in [-0.2, 0) is 0 Å². The topological polar surface area (TPSA) is 21.3 Å². The van der Waals surface area contributed by atoms with Crippen molar-refractivity contribution in [2.24, 2.45) is 5.92 Å². The molecule has 1 fully saturated rings. The lowest BCUT2D eigenvalue weighted by Gasteiger charge is -2.28. The lowest BCUT2D eigenvalue weighted by atomic mass is 9.85. The third kappa shape index (κ3) is 3.17. The molecule has 2 heteroatoms. The lowest BCUT2D eigenvalue weighted by molar-refractivity contribution is 0.325. The number of rotatable bonds is 4. The quantitative estimate of drug-likeness (QED) is 0.814. The van der Waals surface area contributed by atoms with Crippen molar-refractivity contribution in [3.8, 4) is 5.75 Å². The Kier molecular flexibility index (Phi) is 5.47. The van der Waals surface area contributed by atoms with Crippen LogP contribution in [0.4, 0.5) is 0 Å². The molecular weight excluding hydrogens is 246 g/mol. The van der Waals surface area contributed by atoms with Crippen LogP contribution < -0.4 is 10.1 Å². The van der Waals surface area contributed by atoms with Gasteiger partial charge in [0.05, 0.1) is 7.11 Å². The van der Waals surface area contributed by atoms with Crippen molar-refractivity contribution in [3.05, 3.63) is 28.8 Å². The van der Waals surface area contributed by atoms with Gasteiger partial charge in [-0.05, 0) is 50.8 Å². The van der Waals surface area contributed by atoms with Crippen LogP contribution >= 0.6 is 0 Å². The van der Waals surface area contributed by atoms with Crippen molar-refractivity contribution in [3.63, 3.8) is 0 Å². The van der Waals surface area contributed by atoms with E-state index in [-0.39, 0.29) is 0 Å². The summed E-state index contributed by atoms with van der Waals surface area (Å²) in [6.07, 6.45) is 8.21. The third-order valence-corrected chi connectivity index (χ3v) is 4.93. The molecule has 1 N–H and O–H groups in total. The van der Waals surface area contributed by atoms with Crippen LogP contribution in [0.1, 0.15) is 61.3 Å². The Hall–Kier alpha value is -1.02. The molecule has 112 valence electrons. The van der Waals surface area contributed by atoms with Crippen LogP contribution in [-0.4, -0.2) is 14.2 Å². The van der Waals surface area contributed by atoms with E-state index in [0.29, 0.717) is 6.04 Å². The second-order valence-corrected chi connectivity index (χ2v) is 6.15. The van der Waals surface area contributed by atoms with Gasteiger partial charge in [-0.3, -0.25) is 0 Å². The number of ether oxygens (including phenoxy) is 1. The van der Waals surface area contributed by atoms with Gasteiger partial charge in [-0.25, -0.2) is 0 Å². The van der Waals surface area contributed by atoms with E-state index >= 15 is 0 Å². The highest BCUT2D eigenvalue weighted by Crippen LogP contribution is 2.39. The van der Waals surface area contributed by atoms with Crippen molar-refractivity contribution in [1.82, 2.24) is 5.32 Å². The maximum absolute atomic E-state index is 5.72. The Morgan fingerprint density at radius 2 is 1.75 bits per heavy atom. The number of methoxy groups -OCH3 is 1. The average molecular weight is 275 g/mol. The minimum Gasteiger partial charge on any atom is -0.496 e. The van der Waals surface area contributed by atoms with E-state index in [1.54, 1.807) is 7.11 Å². The van der Waals surface area contributed by atoms with Crippen LogP contribution in [0.5, 0.6) is 5.75 Å². The molecule has 1 unspecified atom stereocenters. The van der Waals surface area contributed by atoms with Gasteiger partial charge in [0.25, 0.3) is 0 Å². The molecule has 2 rings (SSSR count). The first-order valence-corrected chi connectivity index (χ1v) is 8.00. The van der Waals surface area contributed by atoms with Crippen molar-refractivity contribution < 1.29 is 4.74 Å². The van der Waals surface area contributed by atoms with Crippen molar-refractivity contribution in [2.45, 2.75) is 58.4 Å². The van der Waals surface area contributed by atoms with E-state index in [9.17, 15) is 0 Å². The number of benzene rings is 1. The van der Waals surface area contributed by atoms with E-state index in [1.165, 1.54) is 55.2 Å². The van der Waals surface area contributed by atoms with Gasteiger partial charge in [0.15, 0.2) is 0 Å². The molecule has 1 saturated carbocycles. The Labute approximate surface area is 123 Å². The predicted octanol–water partition coefficient (Wildman–Crippen LogP) is 4.54. The highest BCUT2D eigenvalue weighted by molar-refractivity contribution is 5.47. The molecule has 0 spiro atoms. The fourth-order valence-electron chi connectivity index (χ4n) is 3.62. The molecule has 1 aromatic carbocycles. The van der Waals surface area contributed by atoms with Crippen LogP contribution in [0.15, 0.2) is 12.1 Å². The Bertz CT molecular complexity index is 433.